The summed E-state index contributed by atoms with van der Waals surface area (Å²) in [5.41, 5.74) is 28.3. The highest BCUT2D eigenvalue weighted by Crippen LogP contribution is 2.56. The van der Waals surface area contributed by atoms with Gasteiger partial charge in [-0.15, -0.1) is 0 Å². The highest BCUT2D eigenvalue weighted by Gasteiger charge is 2.56. The van der Waals surface area contributed by atoms with Crippen LogP contribution in [0.5, 0.6) is 0 Å². The molecule has 11 aromatic carbocycles. The van der Waals surface area contributed by atoms with Crippen molar-refractivity contribution < 1.29 is 0 Å². The maximum atomic E-state index is 2.62. The van der Waals surface area contributed by atoms with Crippen LogP contribution in [0.15, 0.2) is 249 Å². The summed E-state index contributed by atoms with van der Waals surface area (Å²) >= 11 is 0. The highest BCUT2D eigenvalue weighted by molar-refractivity contribution is 7.01. The van der Waals surface area contributed by atoms with Crippen LogP contribution in [-0.4, -0.2) is 14.8 Å². The summed E-state index contributed by atoms with van der Waals surface area (Å²) in [7, 11) is -1.60. The molecular weight excluding hydrogens is 970 g/mol. The van der Waals surface area contributed by atoms with Gasteiger partial charge in [0.2, 0.25) is 0 Å². The molecule has 0 aliphatic carbocycles. The van der Waals surface area contributed by atoms with Gasteiger partial charge in [0.15, 0.2) is 0 Å². The summed E-state index contributed by atoms with van der Waals surface area (Å²) in [5.74, 6) is 0. The lowest BCUT2D eigenvalue weighted by Crippen LogP contribution is -2.68. The Bertz CT molecular complexity index is 3900. The van der Waals surface area contributed by atoms with E-state index in [9.17, 15) is 0 Å². The Labute approximate surface area is 467 Å². The first-order valence-corrected chi connectivity index (χ1v) is 31.4. The van der Waals surface area contributed by atoms with E-state index in [0.29, 0.717) is 0 Å². The van der Waals surface area contributed by atoms with Crippen LogP contribution in [0.25, 0.3) is 22.3 Å². The van der Waals surface area contributed by atoms with E-state index in [1.165, 1.54) is 111 Å². The topological polar surface area (TPSA) is 9.72 Å². The van der Waals surface area contributed by atoms with Crippen molar-refractivity contribution in [1.29, 1.82) is 0 Å². The quantitative estimate of drug-likeness (QED) is 0.126. The van der Waals surface area contributed by atoms with Gasteiger partial charge in [0.1, 0.15) is 0 Å². The lowest BCUT2D eigenvalue weighted by atomic mass is 9.27. The Morgan fingerprint density at radius 1 is 0.342 bits per heavy atom. The molecule has 0 amide bonds. The SMILES string of the molecule is Cc1ccc(N2c3cc(N(c4ccccc4)c4ccc([Si](C)(C)C)cc4)cc4c3B3c5c2cc(-c2ccccc2)cc5C(c2ccc(C)cc2)(c2ccc(C)cc2)c2cc(-c5ccccc5)cc(c23)N4c2ccc(C)cc2)cc1. The molecular formula is C74H62BN3Si. The molecule has 0 saturated carbocycles. The molecule has 3 heterocycles. The molecule has 3 aliphatic rings. The number of aryl methyl sites for hydroxylation is 4. The van der Waals surface area contributed by atoms with Gasteiger partial charge in [0.25, 0.3) is 6.71 Å². The van der Waals surface area contributed by atoms with Gasteiger partial charge in [0, 0.05) is 45.5 Å². The van der Waals surface area contributed by atoms with Crippen LogP contribution in [0.3, 0.4) is 0 Å². The molecule has 0 aromatic heterocycles. The molecule has 0 N–H and O–H groups in total. The Morgan fingerprint density at radius 2 is 0.709 bits per heavy atom. The molecule has 0 bridgehead atoms. The first-order valence-electron chi connectivity index (χ1n) is 27.9. The standard InChI is InChI=1S/C74H62BN3Si/c1-49-23-31-57(32-24-49)74(58-33-25-50(2)26-34-58)65-43-55(53-17-11-8-12-18-53)45-67-71(65)75-72-66(74)44-56(54-19-13-9-14-20-54)46-68(72)78(62-37-29-52(4)30-38-62)70-48-63(47-69(73(70)75)77(67)61-35-27-51(3)28-36-61)76(59-21-15-10-16-22-59)60-39-41-64(42-40-60)79(5,6)7/h8-48H,1-7H3. The molecule has 5 heteroatoms. The van der Waals surface area contributed by atoms with Crippen molar-refractivity contribution >= 4 is 87.5 Å². The van der Waals surface area contributed by atoms with Gasteiger partial charge in [-0.05, 0) is 174 Å². The van der Waals surface area contributed by atoms with E-state index in [1.54, 1.807) is 0 Å². The zero-order valence-corrected chi connectivity index (χ0v) is 47.1. The van der Waals surface area contributed by atoms with Gasteiger partial charge < -0.3 is 14.7 Å². The van der Waals surface area contributed by atoms with E-state index in [-0.39, 0.29) is 6.71 Å². The minimum atomic E-state index is -1.60. The van der Waals surface area contributed by atoms with Crippen molar-refractivity contribution in [3.63, 3.8) is 0 Å². The number of benzene rings is 11. The van der Waals surface area contributed by atoms with Gasteiger partial charge in [-0.1, -0.05) is 211 Å². The van der Waals surface area contributed by atoms with Gasteiger partial charge in [-0.3, -0.25) is 0 Å². The van der Waals surface area contributed by atoms with Crippen LogP contribution in [0.4, 0.5) is 51.2 Å². The van der Waals surface area contributed by atoms with Gasteiger partial charge in [0.05, 0.1) is 19.2 Å². The number of anilines is 9. The Hall–Kier alpha value is -8.90. The fourth-order valence-electron chi connectivity index (χ4n) is 13.2. The molecule has 3 aliphatic heterocycles. The highest BCUT2D eigenvalue weighted by atomic mass is 28.3. The molecule has 0 saturated heterocycles. The van der Waals surface area contributed by atoms with Crippen molar-refractivity contribution in [3.8, 4) is 22.3 Å². The molecule has 3 nitrogen and oxygen atoms in total. The number of rotatable bonds is 10. The van der Waals surface area contributed by atoms with Gasteiger partial charge in [-0.25, -0.2) is 0 Å². The van der Waals surface area contributed by atoms with E-state index in [2.05, 4.69) is 311 Å². The van der Waals surface area contributed by atoms with Crippen LogP contribution < -0.4 is 36.3 Å². The Balaban J connectivity index is 1.20. The second-order valence-corrected chi connectivity index (χ2v) is 28.3. The van der Waals surface area contributed by atoms with Gasteiger partial charge >= 0.3 is 0 Å². The molecule has 11 aromatic rings. The van der Waals surface area contributed by atoms with E-state index < -0.39 is 13.5 Å². The number of nitrogens with zero attached hydrogens (tertiary/aromatic N) is 3. The number of para-hydroxylation sites is 1. The van der Waals surface area contributed by atoms with Crippen molar-refractivity contribution in [2.24, 2.45) is 0 Å². The Kier molecular flexibility index (Phi) is 11.4. The average molecular weight is 1030 g/mol. The van der Waals surface area contributed by atoms with Crippen molar-refractivity contribution in [2.45, 2.75) is 52.8 Å². The number of hydrogen-bond donors (Lipinski definition) is 0. The van der Waals surface area contributed by atoms with E-state index in [1.807, 2.05) is 0 Å². The van der Waals surface area contributed by atoms with E-state index >= 15 is 0 Å². The van der Waals surface area contributed by atoms with Crippen LogP contribution in [0, 0.1) is 27.7 Å². The fraction of sp³-hybridized carbons (Fsp3) is 0.108. The average Bonchev–Trinajstić information content (AvgIpc) is 1.06. The van der Waals surface area contributed by atoms with E-state index in [4.69, 9.17) is 0 Å². The molecule has 79 heavy (non-hydrogen) atoms. The van der Waals surface area contributed by atoms with Crippen LogP contribution in [0.1, 0.15) is 44.5 Å². The largest absolute Gasteiger partial charge is 0.311 e. The molecule has 0 unspecified atom stereocenters. The molecule has 380 valence electrons. The summed E-state index contributed by atoms with van der Waals surface area (Å²) < 4.78 is 0. The first-order chi connectivity index (χ1) is 38.4. The summed E-state index contributed by atoms with van der Waals surface area (Å²) in [5, 5.41) is 1.44. The lowest BCUT2D eigenvalue weighted by Gasteiger charge is -2.53. The third-order valence-electron chi connectivity index (χ3n) is 17.1. The minimum Gasteiger partial charge on any atom is -0.311 e. The predicted molar refractivity (Wildman–Crippen MR) is 340 cm³/mol. The fourth-order valence-corrected chi connectivity index (χ4v) is 14.4. The Morgan fingerprint density at radius 3 is 1.11 bits per heavy atom. The summed E-state index contributed by atoms with van der Waals surface area (Å²) in [4.78, 5) is 7.73. The number of hydrogen-bond acceptors (Lipinski definition) is 3. The second-order valence-electron chi connectivity index (χ2n) is 23.3. The molecule has 0 fully saturated rings. The smallest absolute Gasteiger partial charge is 0.253 e. The van der Waals surface area contributed by atoms with Crippen LogP contribution >= 0.6 is 0 Å². The maximum absolute atomic E-state index is 2.62. The molecule has 0 radical (unpaired) electrons. The lowest BCUT2D eigenvalue weighted by molar-refractivity contribution is 0.750. The first kappa shape index (κ1) is 48.5. The third kappa shape index (κ3) is 7.85. The molecule has 0 spiro atoms. The van der Waals surface area contributed by atoms with Crippen LogP contribution in [0.2, 0.25) is 19.6 Å². The third-order valence-corrected chi connectivity index (χ3v) is 19.2. The van der Waals surface area contributed by atoms with Gasteiger partial charge in [-0.2, -0.15) is 0 Å². The normalized spacial score (nSPS) is 13.5. The molecule has 0 atom stereocenters. The summed E-state index contributed by atoms with van der Waals surface area (Å²) in [6, 6.07) is 95.1. The van der Waals surface area contributed by atoms with Crippen molar-refractivity contribution in [3.05, 3.63) is 293 Å². The zero-order valence-electron chi connectivity index (χ0n) is 46.1. The van der Waals surface area contributed by atoms with Crippen molar-refractivity contribution in [2.75, 3.05) is 14.7 Å². The van der Waals surface area contributed by atoms with Crippen molar-refractivity contribution in [1.82, 2.24) is 0 Å². The summed E-state index contributed by atoms with van der Waals surface area (Å²) in [6.45, 7) is 16.0. The minimum absolute atomic E-state index is 0.127. The van der Waals surface area contributed by atoms with E-state index in [0.717, 1.165) is 28.4 Å². The molecule has 14 rings (SSSR count). The maximum Gasteiger partial charge on any atom is 0.253 e. The zero-order chi connectivity index (χ0) is 53.7. The van der Waals surface area contributed by atoms with Crippen LogP contribution in [-0.2, 0) is 5.41 Å². The second kappa shape index (κ2) is 18.6. The predicted octanol–water partition coefficient (Wildman–Crippen LogP) is 17.0. The summed E-state index contributed by atoms with van der Waals surface area (Å²) in [6.07, 6.45) is 0. The monoisotopic (exact) mass is 1030 g/mol.